The predicted molar refractivity (Wildman–Crippen MR) is 51.6 cm³/mol. The first-order chi connectivity index (χ1) is 6.56. The van der Waals surface area contributed by atoms with Gasteiger partial charge in [-0.25, -0.2) is 4.39 Å². The van der Waals surface area contributed by atoms with E-state index >= 15 is 0 Å². The van der Waals surface area contributed by atoms with Gasteiger partial charge in [0.05, 0.1) is 13.2 Å². The number of rotatable bonds is 3. The molecular weight excluding hydrogens is 185 g/mol. The van der Waals surface area contributed by atoms with Gasteiger partial charge in [-0.15, -0.1) is 0 Å². The average Bonchev–Trinajstić information content (AvgIpc) is 2.16. The monoisotopic (exact) mass is 199 g/mol. The lowest BCUT2D eigenvalue weighted by Crippen LogP contribution is -2.24. The van der Waals surface area contributed by atoms with Gasteiger partial charge in [0.1, 0.15) is 11.6 Å². The lowest BCUT2D eigenvalue weighted by molar-refractivity contribution is 0.149. The van der Waals surface area contributed by atoms with Crippen molar-refractivity contribution < 1.29 is 14.2 Å². The summed E-state index contributed by atoms with van der Waals surface area (Å²) in [5, 5.41) is 9.66. The molecule has 1 rings (SSSR count). The van der Waals surface area contributed by atoms with Crippen molar-refractivity contribution in [2.45, 2.75) is 19.1 Å². The quantitative estimate of drug-likeness (QED) is 0.769. The third-order valence-electron chi connectivity index (χ3n) is 2.01. The van der Waals surface area contributed by atoms with Crippen molar-refractivity contribution in [1.82, 2.24) is 0 Å². The van der Waals surface area contributed by atoms with Gasteiger partial charge in [-0.05, 0) is 25.1 Å². The van der Waals surface area contributed by atoms with Crippen LogP contribution in [0.5, 0.6) is 5.75 Å². The molecule has 3 nitrogen and oxygen atoms in total. The molecule has 0 saturated heterocycles. The Morgan fingerprint density at radius 1 is 1.50 bits per heavy atom. The van der Waals surface area contributed by atoms with Crippen molar-refractivity contribution in [3.05, 3.63) is 29.6 Å². The molecule has 78 valence electrons. The molecule has 2 atom stereocenters. The molecule has 1 aromatic rings. The number of aliphatic hydroxyl groups is 1. The first-order valence-corrected chi connectivity index (χ1v) is 4.33. The minimum Gasteiger partial charge on any atom is -0.496 e. The summed E-state index contributed by atoms with van der Waals surface area (Å²) in [7, 11) is 1.46. The standard InChI is InChI=1S/C10H14FNO2/c1-6(12)10(13)8-5-7(11)3-4-9(8)14-2/h3-6,10,13H,12H2,1-2H3/t6-,10+/m1/s1. The van der Waals surface area contributed by atoms with E-state index in [1.807, 2.05) is 0 Å². The maximum atomic E-state index is 12.9. The Kier molecular flexibility index (Phi) is 3.43. The Morgan fingerprint density at radius 2 is 2.14 bits per heavy atom. The highest BCUT2D eigenvalue weighted by molar-refractivity contribution is 5.36. The summed E-state index contributed by atoms with van der Waals surface area (Å²) in [5.41, 5.74) is 5.89. The van der Waals surface area contributed by atoms with Gasteiger partial charge >= 0.3 is 0 Å². The summed E-state index contributed by atoms with van der Waals surface area (Å²) in [5.74, 6) is 0.0247. The number of ether oxygens (including phenoxy) is 1. The number of hydrogen-bond donors (Lipinski definition) is 2. The highest BCUT2D eigenvalue weighted by Crippen LogP contribution is 2.27. The van der Waals surface area contributed by atoms with E-state index in [-0.39, 0.29) is 0 Å². The van der Waals surface area contributed by atoms with Gasteiger partial charge < -0.3 is 15.6 Å². The normalized spacial score (nSPS) is 14.9. The molecule has 0 heterocycles. The largest absolute Gasteiger partial charge is 0.496 e. The van der Waals surface area contributed by atoms with Crippen LogP contribution in [0.25, 0.3) is 0 Å². The van der Waals surface area contributed by atoms with E-state index in [9.17, 15) is 9.50 Å². The fraction of sp³-hybridized carbons (Fsp3) is 0.400. The number of benzene rings is 1. The van der Waals surface area contributed by atoms with Crippen LogP contribution in [0.15, 0.2) is 18.2 Å². The Bertz CT molecular complexity index is 315. The van der Waals surface area contributed by atoms with E-state index in [0.29, 0.717) is 11.3 Å². The number of nitrogens with two attached hydrogens (primary N) is 1. The number of hydrogen-bond acceptors (Lipinski definition) is 3. The summed E-state index contributed by atoms with van der Waals surface area (Å²) >= 11 is 0. The van der Waals surface area contributed by atoms with Crippen LogP contribution in [-0.4, -0.2) is 18.3 Å². The maximum absolute atomic E-state index is 12.9. The summed E-state index contributed by atoms with van der Waals surface area (Å²) < 4.78 is 17.9. The molecule has 0 spiro atoms. The summed E-state index contributed by atoms with van der Waals surface area (Å²) in [6.07, 6.45) is -0.916. The molecule has 0 saturated carbocycles. The first-order valence-electron chi connectivity index (χ1n) is 4.33. The fourth-order valence-corrected chi connectivity index (χ4v) is 1.22. The van der Waals surface area contributed by atoms with Gasteiger partial charge in [0.25, 0.3) is 0 Å². The van der Waals surface area contributed by atoms with Gasteiger partial charge in [0.2, 0.25) is 0 Å². The molecule has 0 aliphatic heterocycles. The molecule has 3 N–H and O–H groups in total. The molecule has 0 unspecified atom stereocenters. The van der Waals surface area contributed by atoms with Gasteiger partial charge in [-0.3, -0.25) is 0 Å². The zero-order valence-corrected chi connectivity index (χ0v) is 8.20. The molecule has 0 aliphatic carbocycles. The molecule has 14 heavy (non-hydrogen) atoms. The van der Waals surface area contributed by atoms with Crippen LogP contribution in [0.2, 0.25) is 0 Å². The fourth-order valence-electron chi connectivity index (χ4n) is 1.22. The molecule has 4 heteroatoms. The Morgan fingerprint density at radius 3 is 2.64 bits per heavy atom. The van der Waals surface area contributed by atoms with Crippen molar-refractivity contribution in [2.75, 3.05) is 7.11 Å². The van der Waals surface area contributed by atoms with Crippen molar-refractivity contribution >= 4 is 0 Å². The van der Waals surface area contributed by atoms with E-state index < -0.39 is 18.0 Å². The number of aliphatic hydroxyl groups excluding tert-OH is 1. The van der Waals surface area contributed by atoms with E-state index in [1.54, 1.807) is 6.92 Å². The number of methoxy groups -OCH3 is 1. The maximum Gasteiger partial charge on any atom is 0.124 e. The lowest BCUT2D eigenvalue weighted by Gasteiger charge is -2.17. The van der Waals surface area contributed by atoms with Crippen LogP contribution >= 0.6 is 0 Å². The molecule has 0 radical (unpaired) electrons. The SMILES string of the molecule is COc1ccc(F)cc1[C@@H](O)[C@@H](C)N. The van der Waals surface area contributed by atoms with Crippen LogP contribution in [0.1, 0.15) is 18.6 Å². The molecular formula is C10H14FNO2. The topological polar surface area (TPSA) is 55.5 Å². The van der Waals surface area contributed by atoms with Crippen LogP contribution < -0.4 is 10.5 Å². The van der Waals surface area contributed by atoms with Crippen LogP contribution in [0.4, 0.5) is 4.39 Å². The van der Waals surface area contributed by atoms with Crippen molar-refractivity contribution in [2.24, 2.45) is 5.73 Å². The second kappa shape index (κ2) is 4.39. The molecule has 0 fully saturated rings. The second-order valence-corrected chi connectivity index (χ2v) is 3.19. The summed E-state index contributed by atoms with van der Waals surface area (Å²) in [6, 6.07) is 3.50. The minimum atomic E-state index is -0.916. The van der Waals surface area contributed by atoms with E-state index in [4.69, 9.17) is 10.5 Å². The highest BCUT2D eigenvalue weighted by Gasteiger charge is 2.17. The molecule has 0 aromatic heterocycles. The van der Waals surface area contributed by atoms with Crippen molar-refractivity contribution in [3.8, 4) is 5.75 Å². The molecule has 1 aromatic carbocycles. The second-order valence-electron chi connectivity index (χ2n) is 3.19. The Hall–Kier alpha value is -1.13. The Labute approximate surface area is 82.3 Å². The predicted octanol–water partition coefficient (Wildman–Crippen LogP) is 1.21. The van der Waals surface area contributed by atoms with E-state index in [1.165, 1.54) is 25.3 Å². The molecule has 0 aliphatic rings. The molecule has 0 amide bonds. The zero-order chi connectivity index (χ0) is 10.7. The lowest BCUT2D eigenvalue weighted by atomic mass is 10.0. The first kappa shape index (κ1) is 10.9. The molecule has 0 bridgehead atoms. The van der Waals surface area contributed by atoms with E-state index in [0.717, 1.165) is 0 Å². The Balaban J connectivity index is 3.10. The van der Waals surface area contributed by atoms with Crippen LogP contribution in [0.3, 0.4) is 0 Å². The smallest absolute Gasteiger partial charge is 0.124 e. The van der Waals surface area contributed by atoms with Gasteiger partial charge in [-0.1, -0.05) is 0 Å². The number of halogens is 1. The van der Waals surface area contributed by atoms with Gasteiger partial charge in [-0.2, -0.15) is 0 Å². The third-order valence-corrected chi connectivity index (χ3v) is 2.01. The van der Waals surface area contributed by atoms with Crippen LogP contribution in [-0.2, 0) is 0 Å². The van der Waals surface area contributed by atoms with Gasteiger partial charge in [0, 0.05) is 11.6 Å². The average molecular weight is 199 g/mol. The van der Waals surface area contributed by atoms with E-state index in [2.05, 4.69) is 0 Å². The summed E-state index contributed by atoms with van der Waals surface area (Å²) in [6.45, 7) is 1.65. The van der Waals surface area contributed by atoms with Crippen molar-refractivity contribution in [3.63, 3.8) is 0 Å². The third kappa shape index (κ3) is 2.21. The zero-order valence-electron chi connectivity index (χ0n) is 8.20. The van der Waals surface area contributed by atoms with Crippen molar-refractivity contribution in [1.29, 1.82) is 0 Å². The van der Waals surface area contributed by atoms with Gasteiger partial charge in [0.15, 0.2) is 0 Å². The highest BCUT2D eigenvalue weighted by atomic mass is 19.1. The minimum absolute atomic E-state index is 0.377. The summed E-state index contributed by atoms with van der Waals surface area (Å²) in [4.78, 5) is 0. The van der Waals surface area contributed by atoms with Crippen LogP contribution in [0, 0.1) is 5.82 Å².